The number of hydrogen-bond acceptors (Lipinski definition) is 5. The van der Waals surface area contributed by atoms with Crippen LogP contribution < -0.4 is 5.32 Å². The summed E-state index contributed by atoms with van der Waals surface area (Å²) in [5, 5.41) is 13.8. The van der Waals surface area contributed by atoms with E-state index < -0.39 is 20.0 Å². The molecule has 0 radical (unpaired) electrons. The van der Waals surface area contributed by atoms with E-state index in [9.17, 15) is 19.4 Å². The van der Waals surface area contributed by atoms with Crippen molar-refractivity contribution in [2.45, 2.75) is 219 Å². The van der Waals surface area contributed by atoms with Crippen LogP contribution in [0.15, 0.2) is 24.3 Å². The molecular formula is C45H90N2O6P+. The largest absolute Gasteiger partial charge is 0.472 e. The van der Waals surface area contributed by atoms with Gasteiger partial charge in [-0.1, -0.05) is 179 Å². The van der Waals surface area contributed by atoms with Gasteiger partial charge >= 0.3 is 7.82 Å². The Bertz CT molecular complexity index is 938. The van der Waals surface area contributed by atoms with Crippen LogP contribution >= 0.6 is 7.82 Å². The van der Waals surface area contributed by atoms with Crippen LogP contribution in [0.25, 0.3) is 0 Å². The zero-order valence-electron chi connectivity index (χ0n) is 36.2. The average molecular weight is 786 g/mol. The zero-order chi connectivity index (χ0) is 40.0. The number of phosphoric acid groups is 1. The highest BCUT2D eigenvalue weighted by Gasteiger charge is 2.27. The Hall–Kier alpha value is -1.02. The van der Waals surface area contributed by atoms with E-state index in [1.165, 1.54) is 148 Å². The topological polar surface area (TPSA) is 105 Å². The van der Waals surface area contributed by atoms with Crippen LogP contribution in [-0.2, 0) is 18.4 Å². The van der Waals surface area contributed by atoms with E-state index in [1.807, 2.05) is 27.2 Å². The summed E-state index contributed by atoms with van der Waals surface area (Å²) >= 11 is 0. The zero-order valence-corrected chi connectivity index (χ0v) is 37.1. The molecule has 0 aliphatic carbocycles. The van der Waals surface area contributed by atoms with Gasteiger partial charge in [0.2, 0.25) is 5.91 Å². The number of rotatable bonds is 41. The lowest BCUT2D eigenvalue weighted by molar-refractivity contribution is -0.870. The number of carbonyl (C=O) groups is 1. The van der Waals surface area contributed by atoms with Crippen molar-refractivity contribution in [1.29, 1.82) is 0 Å². The highest BCUT2D eigenvalue weighted by molar-refractivity contribution is 7.47. The van der Waals surface area contributed by atoms with Gasteiger partial charge in [0.25, 0.3) is 0 Å². The second-order valence-corrected chi connectivity index (χ2v) is 18.2. The first-order chi connectivity index (χ1) is 26.0. The number of allylic oxidation sites excluding steroid dienone is 3. The first-order valence-corrected chi connectivity index (χ1v) is 24.2. The Morgan fingerprint density at radius 2 is 1.00 bits per heavy atom. The predicted octanol–water partition coefficient (Wildman–Crippen LogP) is 12.5. The number of unbranched alkanes of at least 4 members (excludes halogenated alkanes) is 26. The molecule has 0 aromatic heterocycles. The number of aliphatic hydroxyl groups is 1. The monoisotopic (exact) mass is 786 g/mol. The Morgan fingerprint density at radius 3 is 1.44 bits per heavy atom. The van der Waals surface area contributed by atoms with E-state index in [0.29, 0.717) is 17.4 Å². The van der Waals surface area contributed by atoms with Crippen LogP contribution in [0.2, 0.25) is 0 Å². The van der Waals surface area contributed by atoms with Gasteiger partial charge in [0.15, 0.2) is 0 Å². The van der Waals surface area contributed by atoms with Gasteiger partial charge in [0, 0.05) is 6.42 Å². The van der Waals surface area contributed by atoms with Gasteiger partial charge in [-0.3, -0.25) is 13.8 Å². The number of nitrogens with one attached hydrogen (secondary N) is 1. The number of hydrogen-bond donors (Lipinski definition) is 3. The van der Waals surface area contributed by atoms with Gasteiger partial charge in [-0.05, 0) is 44.9 Å². The Kier molecular flexibility index (Phi) is 36.8. The number of phosphoric ester groups is 1. The molecule has 0 aliphatic rings. The SMILES string of the molecule is CCCCCC/C=C\CCCCCCCCCC(=O)NC(COP(=O)(O)OCC[N+](C)(C)C)C(O)/C=C/CCCCCCCCCCCCCCCCC. The minimum Gasteiger partial charge on any atom is -0.387 e. The molecule has 0 rings (SSSR count). The van der Waals surface area contributed by atoms with Crippen molar-refractivity contribution in [2.75, 3.05) is 40.9 Å². The maximum atomic E-state index is 12.9. The van der Waals surface area contributed by atoms with Crippen molar-refractivity contribution in [3.63, 3.8) is 0 Å². The van der Waals surface area contributed by atoms with Gasteiger partial charge in [-0.15, -0.1) is 0 Å². The fourth-order valence-corrected chi connectivity index (χ4v) is 7.24. The van der Waals surface area contributed by atoms with E-state index in [2.05, 4.69) is 31.3 Å². The summed E-state index contributed by atoms with van der Waals surface area (Å²) in [6.45, 7) is 4.80. The lowest BCUT2D eigenvalue weighted by Crippen LogP contribution is -2.45. The minimum atomic E-state index is -4.33. The van der Waals surface area contributed by atoms with Gasteiger partial charge in [-0.2, -0.15) is 0 Å². The first-order valence-electron chi connectivity index (χ1n) is 22.7. The summed E-state index contributed by atoms with van der Waals surface area (Å²) in [5.74, 6) is -0.182. The summed E-state index contributed by atoms with van der Waals surface area (Å²) < 4.78 is 23.6. The van der Waals surface area contributed by atoms with E-state index in [4.69, 9.17) is 9.05 Å². The number of amides is 1. The molecule has 0 fully saturated rings. The van der Waals surface area contributed by atoms with Crippen LogP contribution in [0.4, 0.5) is 0 Å². The molecule has 3 N–H and O–H groups in total. The Labute approximate surface area is 334 Å². The Balaban J connectivity index is 4.42. The third kappa shape index (κ3) is 39.2. The average Bonchev–Trinajstić information content (AvgIpc) is 3.12. The molecule has 1 amide bonds. The molecule has 3 unspecified atom stereocenters. The van der Waals surface area contributed by atoms with Gasteiger partial charge in [-0.25, -0.2) is 4.57 Å². The van der Waals surface area contributed by atoms with E-state index in [1.54, 1.807) is 6.08 Å². The number of carbonyl (C=O) groups excluding carboxylic acids is 1. The smallest absolute Gasteiger partial charge is 0.387 e. The summed E-state index contributed by atoms with van der Waals surface area (Å²) in [4.78, 5) is 23.1. The summed E-state index contributed by atoms with van der Waals surface area (Å²) in [6, 6.07) is -0.845. The lowest BCUT2D eigenvalue weighted by Gasteiger charge is -2.25. The maximum absolute atomic E-state index is 12.9. The van der Waals surface area contributed by atoms with Gasteiger partial charge in [0.1, 0.15) is 13.2 Å². The summed E-state index contributed by atoms with van der Waals surface area (Å²) in [5.41, 5.74) is 0. The minimum absolute atomic E-state index is 0.0618. The van der Waals surface area contributed by atoms with Crippen molar-refractivity contribution in [1.82, 2.24) is 5.32 Å². The molecule has 0 aromatic rings. The molecule has 0 saturated heterocycles. The molecule has 3 atom stereocenters. The lowest BCUT2D eigenvalue weighted by atomic mass is 10.0. The van der Waals surface area contributed by atoms with Crippen molar-refractivity contribution in [3.05, 3.63) is 24.3 Å². The molecular weight excluding hydrogens is 695 g/mol. The van der Waals surface area contributed by atoms with Crippen LogP contribution in [0, 0.1) is 0 Å². The van der Waals surface area contributed by atoms with Crippen LogP contribution in [0.3, 0.4) is 0 Å². The third-order valence-corrected chi connectivity index (χ3v) is 11.1. The molecule has 0 saturated carbocycles. The molecule has 0 heterocycles. The maximum Gasteiger partial charge on any atom is 0.472 e. The fourth-order valence-electron chi connectivity index (χ4n) is 6.51. The van der Waals surface area contributed by atoms with Crippen LogP contribution in [0.5, 0.6) is 0 Å². The normalized spacial score (nSPS) is 14.6. The Morgan fingerprint density at radius 1 is 0.611 bits per heavy atom. The van der Waals surface area contributed by atoms with Crippen LogP contribution in [-0.4, -0.2) is 73.4 Å². The summed E-state index contributed by atoms with van der Waals surface area (Å²) in [6.07, 6.45) is 43.8. The van der Waals surface area contributed by atoms with Crippen molar-refractivity contribution < 1.29 is 32.9 Å². The molecule has 0 aliphatic heterocycles. The van der Waals surface area contributed by atoms with Crippen molar-refractivity contribution in [3.8, 4) is 0 Å². The molecule has 0 bridgehead atoms. The van der Waals surface area contributed by atoms with Crippen molar-refractivity contribution >= 4 is 13.7 Å². The molecule has 0 spiro atoms. The van der Waals surface area contributed by atoms with E-state index in [-0.39, 0.29) is 19.1 Å². The molecule has 320 valence electrons. The molecule has 0 aromatic carbocycles. The van der Waals surface area contributed by atoms with Gasteiger partial charge in [0.05, 0.1) is 39.9 Å². The second kappa shape index (κ2) is 37.6. The molecule has 54 heavy (non-hydrogen) atoms. The van der Waals surface area contributed by atoms with E-state index in [0.717, 1.165) is 38.5 Å². The molecule has 8 nitrogen and oxygen atoms in total. The second-order valence-electron chi connectivity index (χ2n) is 16.8. The van der Waals surface area contributed by atoms with E-state index >= 15 is 0 Å². The molecule has 9 heteroatoms. The standard InChI is InChI=1S/C45H89N2O6P/c1-6-8-10-12-14-16-18-20-22-23-25-26-28-30-32-34-36-38-44(48)43(42-53-54(50,51)52-41-40-47(3,4)5)46-45(49)39-37-35-33-31-29-27-24-21-19-17-15-13-11-9-7-2/h17,19,36,38,43-44,48H,6-16,18,20-35,37,39-42H2,1-5H3,(H-,46,49,50,51)/p+1/b19-17-,38-36+. The fraction of sp³-hybridized carbons (Fsp3) is 0.889. The first kappa shape index (κ1) is 53.0. The van der Waals surface area contributed by atoms with Crippen LogP contribution in [0.1, 0.15) is 206 Å². The third-order valence-electron chi connectivity index (χ3n) is 10.2. The highest BCUT2D eigenvalue weighted by atomic mass is 31.2. The summed E-state index contributed by atoms with van der Waals surface area (Å²) in [7, 11) is 1.57. The number of aliphatic hydroxyl groups excluding tert-OH is 1. The van der Waals surface area contributed by atoms with Crippen molar-refractivity contribution in [2.24, 2.45) is 0 Å². The number of quaternary nitrogens is 1. The predicted molar refractivity (Wildman–Crippen MR) is 231 cm³/mol. The quantitative estimate of drug-likeness (QED) is 0.0247. The number of likely N-dealkylation sites (N-methyl/N-ethyl adjacent to an activating group) is 1. The highest BCUT2D eigenvalue weighted by Crippen LogP contribution is 2.43. The number of nitrogens with zero attached hydrogens (tertiary/aromatic N) is 1. The van der Waals surface area contributed by atoms with Gasteiger partial charge < -0.3 is 19.8 Å².